The third-order valence-electron chi connectivity index (χ3n) is 3.33. The first kappa shape index (κ1) is 18.7. The maximum absolute atomic E-state index is 11.8. The number of rotatable bonds is 7. The Morgan fingerprint density at radius 3 is 2.76 bits per heavy atom. The molecule has 0 aliphatic heterocycles. The van der Waals surface area contributed by atoms with Crippen LogP contribution in [0.2, 0.25) is 5.15 Å². The maximum atomic E-state index is 11.8. The molecule has 25 heavy (non-hydrogen) atoms. The number of ether oxygens (including phenoxy) is 2. The highest BCUT2D eigenvalue weighted by molar-refractivity contribution is 6.32. The van der Waals surface area contributed by atoms with E-state index in [1.165, 1.54) is 12.3 Å². The normalized spacial score (nSPS) is 10.2. The van der Waals surface area contributed by atoms with Gasteiger partial charge in [0.15, 0.2) is 6.61 Å². The van der Waals surface area contributed by atoms with E-state index in [9.17, 15) is 9.59 Å². The molecule has 7 heteroatoms. The maximum Gasteiger partial charge on any atom is 0.341 e. The zero-order valence-electron chi connectivity index (χ0n) is 14.0. The molecule has 1 aromatic heterocycles. The number of hydrogen-bond acceptors (Lipinski definition) is 5. The summed E-state index contributed by atoms with van der Waals surface area (Å²) in [6, 6.07) is 8.92. The molecule has 0 aliphatic carbocycles. The summed E-state index contributed by atoms with van der Waals surface area (Å²) in [5, 5.41) is 2.65. The fourth-order valence-electron chi connectivity index (χ4n) is 2.11. The Kier molecular flexibility index (Phi) is 6.77. The van der Waals surface area contributed by atoms with Gasteiger partial charge in [-0.3, -0.25) is 4.79 Å². The molecule has 6 nitrogen and oxygen atoms in total. The molecule has 2 aromatic rings. The molecule has 132 valence electrons. The Labute approximate surface area is 151 Å². The third kappa shape index (κ3) is 5.76. The summed E-state index contributed by atoms with van der Waals surface area (Å²) in [6.45, 7) is 4.20. The largest absolute Gasteiger partial charge is 0.491 e. The number of nitrogens with one attached hydrogen (secondary N) is 1. The van der Waals surface area contributed by atoms with Crippen LogP contribution < -0.4 is 10.1 Å². The minimum Gasteiger partial charge on any atom is -0.491 e. The van der Waals surface area contributed by atoms with Crippen LogP contribution >= 0.6 is 11.6 Å². The number of benzene rings is 1. The number of pyridine rings is 1. The SMILES string of the molecule is Cc1ccc(OCCNC(=O)COC(=O)c2cccnc2Cl)c(C)c1. The Morgan fingerprint density at radius 1 is 1.24 bits per heavy atom. The molecule has 0 radical (unpaired) electrons. The van der Waals surface area contributed by atoms with Gasteiger partial charge in [0.1, 0.15) is 17.5 Å². The molecule has 0 saturated heterocycles. The fraction of sp³-hybridized carbons (Fsp3) is 0.278. The summed E-state index contributed by atoms with van der Waals surface area (Å²) < 4.78 is 10.5. The van der Waals surface area contributed by atoms with Crippen LogP contribution in [-0.4, -0.2) is 36.6 Å². The van der Waals surface area contributed by atoms with Crippen molar-refractivity contribution >= 4 is 23.5 Å². The number of amides is 1. The number of aromatic nitrogens is 1. The molecule has 0 fully saturated rings. The number of carbonyl (C=O) groups is 2. The van der Waals surface area contributed by atoms with Crippen molar-refractivity contribution in [1.82, 2.24) is 10.3 Å². The second kappa shape index (κ2) is 9.03. The first-order valence-corrected chi connectivity index (χ1v) is 8.09. The van der Waals surface area contributed by atoms with E-state index in [1.807, 2.05) is 32.0 Å². The van der Waals surface area contributed by atoms with Crippen molar-refractivity contribution < 1.29 is 19.1 Å². The van der Waals surface area contributed by atoms with Gasteiger partial charge >= 0.3 is 5.97 Å². The van der Waals surface area contributed by atoms with Gasteiger partial charge in [0, 0.05) is 6.20 Å². The van der Waals surface area contributed by atoms with Crippen LogP contribution in [0.15, 0.2) is 36.5 Å². The van der Waals surface area contributed by atoms with Crippen LogP contribution in [0.1, 0.15) is 21.5 Å². The highest BCUT2D eigenvalue weighted by Gasteiger charge is 2.13. The minimum absolute atomic E-state index is 0.0368. The monoisotopic (exact) mass is 362 g/mol. The Hall–Kier alpha value is -2.60. The van der Waals surface area contributed by atoms with Gasteiger partial charge < -0.3 is 14.8 Å². The molecule has 1 aromatic carbocycles. The van der Waals surface area contributed by atoms with Crippen LogP contribution in [0.25, 0.3) is 0 Å². The summed E-state index contributed by atoms with van der Waals surface area (Å²) in [6.07, 6.45) is 1.46. The van der Waals surface area contributed by atoms with Crippen LogP contribution in [0, 0.1) is 13.8 Å². The number of halogens is 1. The summed E-state index contributed by atoms with van der Waals surface area (Å²) >= 11 is 5.79. The molecule has 0 bridgehead atoms. The molecule has 0 unspecified atom stereocenters. The van der Waals surface area contributed by atoms with Gasteiger partial charge in [-0.15, -0.1) is 0 Å². The van der Waals surface area contributed by atoms with E-state index in [4.69, 9.17) is 21.1 Å². The standard InChI is InChI=1S/C18H19ClN2O4/c1-12-5-6-15(13(2)10-12)24-9-8-20-16(22)11-25-18(23)14-4-3-7-21-17(14)19/h3-7,10H,8-9,11H2,1-2H3,(H,20,22). The molecule has 1 heterocycles. The lowest BCUT2D eigenvalue weighted by Crippen LogP contribution is -2.32. The summed E-state index contributed by atoms with van der Waals surface area (Å²) in [5.41, 5.74) is 2.32. The molecule has 1 amide bonds. The van der Waals surface area contributed by atoms with Crippen molar-refractivity contribution in [3.63, 3.8) is 0 Å². The Morgan fingerprint density at radius 2 is 2.04 bits per heavy atom. The second-order valence-electron chi connectivity index (χ2n) is 5.39. The van der Waals surface area contributed by atoms with Gasteiger partial charge in [-0.05, 0) is 37.6 Å². The average molecular weight is 363 g/mol. The van der Waals surface area contributed by atoms with Crippen LogP contribution in [0.3, 0.4) is 0 Å². The first-order valence-electron chi connectivity index (χ1n) is 7.72. The minimum atomic E-state index is -0.695. The smallest absolute Gasteiger partial charge is 0.341 e. The van der Waals surface area contributed by atoms with E-state index in [-0.39, 0.29) is 10.7 Å². The van der Waals surface area contributed by atoms with Crippen molar-refractivity contribution in [2.75, 3.05) is 19.8 Å². The Bertz CT molecular complexity index is 764. The lowest BCUT2D eigenvalue weighted by atomic mass is 10.1. The van der Waals surface area contributed by atoms with E-state index < -0.39 is 18.5 Å². The number of aryl methyl sites for hydroxylation is 2. The number of esters is 1. The average Bonchev–Trinajstić information content (AvgIpc) is 2.58. The van der Waals surface area contributed by atoms with Gasteiger partial charge in [0.25, 0.3) is 5.91 Å². The highest BCUT2D eigenvalue weighted by Crippen LogP contribution is 2.18. The van der Waals surface area contributed by atoms with Crippen molar-refractivity contribution in [2.45, 2.75) is 13.8 Å². The number of nitrogens with zero attached hydrogens (tertiary/aromatic N) is 1. The van der Waals surface area contributed by atoms with Crippen molar-refractivity contribution in [2.24, 2.45) is 0 Å². The second-order valence-corrected chi connectivity index (χ2v) is 5.74. The highest BCUT2D eigenvalue weighted by atomic mass is 35.5. The molecular formula is C18H19ClN2O4. The van der Waals surface area contributed by atoms with Gasteiger partial charge in [-0.1, -0.05) is 29.3 Å². The molecule has 1 N–H and O–H groups in total. The van der Waals surface area contributed by atoms with Gasteiger partial charge in [0.2, 0.25) is 0 Å². The molecule has 0 aliphatic rings. The van der Waals surface area contributed by atoms with Crippen LogP contribution in [0.5, 0.6) is 5.75 Å². The molecule has 2 rings (SSSR count). The van der Waals surface area contributed by atoms with Crippen molar-refractivity contribution in [3.05, 3.63) is 58.4 Å². The number of hydrogen-bond donors (Lipinski definition) is 1. The summed E-state index contributed by atoms with van der Waals surface area (Å²) in [7, 11) is 0. The van der Waals surface area contributed by atoms with Crippen LogP contribution in [0.4, 0.5) is 0 Å². The predicted octanol–water partition coefficient (Wildman–Crippen LogP) is 2.70. The van der Waals surface area contributed by atoms with Gasteiger partial charge in [-0.2, -0.15) is 0 Å². The third-order valence-corrected chi connectivity index (χ3v) is 3.63. The van der Waals surface area contributed by atoms with E-state index in [1.54, 1.807) is 6.07 Å². The zero-order valence-corrected chi connectivity index (χ0v) is 14.8. The summed E-state index contributed by atoms with van der Waals surface area (Å²) in [4.78, 5) is 27.3. The van der Waals surface area contributed by atoms with E-state index in [0.29, 0.717) is 13.2 Å². The van der Waals surface area contributed by atoms with Crippen molar-refractivity contribution in [3.8, 4) is 5.75 Å². The zero-order chi connectivity index (χ0) is 18.2. The lowest BCUT2D eigenvalue weighted by Gasteiger charge is -2.10. The molecular weight excluding hydrogens is 344 g/mol. The van der Waals surface area contributed by atoms with Crippen molar-refractivity contribution in [1.29, 1.82) is 0 Å². The molecule has 0 spiro atoms. The van der Waals surface area contributed by atoms with Gasteiger partial charge in [0.05, 0.1) is 12.1 Å². The van der Waals surface area contributed by atoms with E-state index >= 15 is 0 Å². The molecule has 0 saturated carbocycles. The Balaban J connectivity index is 1.69. The first-order chi connectivity index (χ1) is 12.0. The van der Waals surface area contributed by atoms with Gasteiger partial charge in [-0.25, -0.2) is 9.78 Å². The van der Waals surface area contributed by atoms with E-state index in [0.717, 1.165) is 16.9 Å². The predicted molar refractivity (Wildman–Crippen MR) is 94.0 cm³/mol. The topological polar surface area (TPSA) is 77.5 Å². The van der Waals surface area contributed by atoms with E-state index in [2.05, 4.69) is 10.3 Å². The summed E-state index contributed by atoms with van der Waals surface area (Å²) in [5.74, 6) is -0.338. The molecule has 0 atom stereocenters. The number of carbonyl (C=O) groups excluding carboxylic acids is 2. The fourth-order valence-corrected chi connectivity index (χ4v) is 2.31. The quantitative estimate of drug-likeness (QED) is 0.465. The van der Waals surface area contributed by atoms with Crippen LogP contribution in [-0.2, 0) is 9.53 Å². The lowest BCUT2D eigenvalue weighted by molar-refractivity contribution is -0.124.